The fourth-order valence-electron chi connectivity index (χ4n) is 3.23. The van der Waals surface area contributed by atoms with Crippen LogP contribution in [0.5, 0.6) is 0 Å². The maximum absolute atomic E-state index is 12.4. The summed E-state index contributed by atoms with van der Waals surface area (Å²) >= 11 is 0. The molecule has 17 heavy (non-hydrogen) atoms. The van der Waals surface area contributed by atoms with Crippen molar-refractivity contribution in [2.75, 3.05) is 0 Å². The number of hydrogen-bond donors (Lipinski definition) is 1. The Balaban J connectivity index is 1.83. The van der Waals surface area contributed by atoms with Crippen molar-refractivity contribution in [3.8, 4) is 0 Å². The van der Waals surface area contributed by atoms with Crippen LogP contribution in [-0.4, -0.2) is 38.7 Å². The molecule has 2 aliphatic rings. The van der Waals surface area contributed by atoms with Crippen LogP contribution in [-0.2, 0) is 7.05 Å². The van der Waals surface area contributed by atoms with Gasteiger partial charge >= 0.3 is 0 Å². The van der Waals surface area contributed by atoms with Crippen LogP contribution in [0.1, 0.15) is 36.0 Å². The fraction of sp³-hybridized carbons (Fsp3) is 0.667. The van der Waals surface area contributed by atoms with Gasteiger partial charge in [-0.15, -0.1) is 0 Å². The molecule has 2 fully saturated rings. The van der Waals surface area contributed by atoms with E-state index < -0.39 is 0 Å². The van der Waals surface area contributed by atoms with Crippen LogP contribution >= 0.6 is 0 Å². The molecule has 5 nitrogen and oxygen atoms in total. The second-order valence-corrected chi connectivity index (χ2v) is 5.23. The van der Waals surface area contributed by atoms with Gasteiger partial charge in [0.15, 0.2) is 0 Å². The van der Waals surface area contributed by atoms with Gasteiger partial charge in [0.1, 0.15) is 0 Å². The number of aromatic nitrogens is 2. The van der Waals surface area contributed by atoms with Crippen molar-refractivity contribution in [1.29, 1.82) is 0 Å². The lowest BCUT2D eigenvalue weighted by Crippen LogP contribution is -2.50. The average Bonchev–Trinajstić information content (AvgIpc) is 2.81. The fourth-order valence-corrected chi connectivity index (χ4v) is 3.23. The number of piperidine rings is 1. The molecule has 1 amide bonds. The van der Waals surface area contributed by atoms with Crippen molar-refractivity contribution < 1.29 is 4.79 Å². The van der Waals surface area contributed by atoms with Crippen LogP contribution in [0, 0.1) is 0 Å². The van der Waals surface area contributed by atoms with Gasteiger partial charge in [-0.2, -0.15) is 5.10 Å². The van der Waals surface area contributed by atoms with Gasteiger partial charge < -0.3 is 10.6 Å². The topological polar surface area (TPSA) is 64.2 Å². The molecule has 0 spiro atoms. The molecule has 2 N–H and O–H groups in total. The zero-order chi connectivity index (χ0) is 12.0. The summed E-state index contributed by atoms with van der Waals surface area (Å²) in [7, 11) is 1.83. The second kappa shape index (κ2) is 3.84. The summed E-state index contributed by atoms with van der Waals surface area (Å²) in [6.45, 7) is 0. The normalized spacial score (nSPS) is 31.9. The van der Waals surface area contributed by atoms with E-state index in [1.807, 2.05) is 11.9 Å². The van der Waals surface area contributed by atoms with Crippen LogP contribution in [0.3, 0.4) is 0 Å². The van der Waals surface area contributed by atoms with Gasteiger partial charge in [0.05, 0.1) is 11.8 Å². The number of carbonyl (C=O) groups is 1. The smallest absolute Gasteiger partial charge is 0.257 e. The van der Waals surface area contributed by atoms with E-state index >= 15 is 0 Å². The molecule has 2 atom stereocenters. The molecule has 1 aromatic heterocycles. The first-order valence-corrected chi connectivity index (χ1v) is 6.22. The largest absolute Gasteiger partial charge is 0.332 e. The quantitative estimate of drug-likeness (QED) is 0.770. The third-order valence-electron chi connectivity index (χ3n) is 3.96. The molecule has 0 aliphatic carbocycles. The molecule has 0 saturated carbocycles. The number of amides is 1. The van der Waals surface area contributed by atoms with Crippen molar-refractivity contribution >= 4 is 5.91 Å². The van der Waals surface area contributed by atoms with Crippen molar-refractivity contribution in [1.82, 2.24) is 14.7 Å². The first-order valence-electron chi connectivity index (χ1n) is 6.22. The Morgan fingerprint density at radius 3 is 2.59 bits per heavy atom. The summed E-state index contributed by atoms with van der Waals surface area (Å²) in [6, 6.07) is 0.957. The molecule has 0 aromatic carbocycles. The molecule has 2 saturated heterocycles. The van der Waals surface area contributed by atoms with Gasteiger partial charge in [-0.05, 0) is 25.7 Å². The summed E-state index contributed by atoms with van der Waals surface area (Å²) in [5.74, 6) is 0.123. The number of rotatable bonds is 1. The highest BCUT2D eigenvalue weighted by atomic mass is 16.2. The first kappa shape index (κ1) is 10.8. The first-order chi connectivity index (χ1) is 8.15. The standard InChI is InChI=1S/C12H18N4O/c1-15-7-8(6-14-15)12(17)16-10-2-3-11(16)5-9(13)4-10/h6-7,9-11H,2-5,13H2,1H3. The highest BCUT2D eigenvalue weighted by molar-refractivity contribution is 5.94. The summed E-state index contributed by atoms with van der Waals surface area (Å²) in [4.78, 5) is 14.5. The van der Waals surface area contributed by atoms with E-state index in [0.29, 0.717) is 17.6 Å². The van der Waals surface area contributed by atoms with E-state index in [9.17, 15) is 4.79 Å². The molecule has 0 radical (unpaired) electrons. The maximum atomic E-state index is 12.4. The molecule has 92 valence electrons. The van der Waals surface area contributed by atoms with Gasteiger partial charge in [-0.1, -0.05) is 0 Å². The molecular weight excluding hydrogens is 216 g/mol. The van der Waals surface area contributed by atoms with Crippen LogP contribution < -0.4 is 5.73 Å². The molecule has 3 rings (SSSR count). The predicted molar refractivity (Wildman–Crippen MR) is 63.4 cm³/mol. The van der Waals surface area contributed by atoms with Crippen LogP contribution in [0.2, 0.25) is 0 Å². The van der Waals surface area contributed by atoms with Gasteiger partial charge in [0.25, 0.3) is 5.91 Å². The maximum Gasteiger partial charge on any atom is 0.257 e. The second-order valence-electron chi connectivity index (χ2n) is 5.23. The number of aryl methyl sites for hydroxylation is 1. The lowest BCUT2D eigenvalue weighted by molar-refractivity contribution is 0.0575. The zero-order valence-electron chi connectivity index (χ0n) is 10.0. The minimum absolute atomic E-state index is 0.123. The number of fused-ring (bicyclic) bond motifs is 2. The summed E-state index contributed by atoms with van der Waals surface area (Å²) in [5, 5.41) is 4.06. The van der Waals surface area contributed by atoms with Crippen LogP contribution in [0.4, 0.5) is 0 Å². The molecule has 2 unspecified atom stereocenters. The van der Waals surface area contributed by atoms with Gasteiger partial charge in [0.2, 0.25) is 0 Å². The van der Waals surface area contributed by atoms with Crippen LogP contribution in [0.15, 0.2) is 12.4 Å². The van der Waals surface area contributed by atoms with Gasteiger partial charge in [0, 0.05) is 31.4 Å². The predicted octanol–water partition coefficient (Wildman–Crippen LogP) is 0.514. The number of nitrogens with zero attached hydrogens (tertiary/aromatic N) is 3. The van der Waals surface area contributed by atoms with Crippen molar-refractivity contribution in [3.63, 3.8) is 0 Å². The zero-order valence-corrected chi connectivity index (χ0v) is 10.0. The summed E-state index contributed by atoms with van der Waals surface area (Å²) in [5.41, 5.74) is 6.70. The molecular formula is C12H18N4O. The minimum atomic E-state index is 0.123. The lowest BCUT2D eigenvalue weighted by Gasteiger charge is -2.37. The highest BCUT2D eigenvalue weighted by Crippen LogP contribution is 2.35. The van der Waals surface area contributed by atoms with E-state index in [1.165, 1.54) is 0 Å². The molecule has 3 heterocycles. The highest BCUT2D eigenvalue weighted by Gasteiger charge is 2.42. The average molecular weight is 234 g/mol. The Bertz CT molecular complexity index is 427. The van der Waals surface area contributed by atoms with Crippen molar-refractivity contribution in [2.45, 2.75) is 43.8 Å². The van der Waals surface area contributed by atoms with E-state index in [1.54, 1.807) is 17.1 Å². The number of nitrogens with two attached hydrogens (primary N) is 1. The van der Waals surface area contributed by atoms with Gasteiger partial charge in [-0.3, -0.25) is 9.48 Å². The van der Waals surface area contributed by atoms with Crippen molar-refractivity contribution in [2.24, 2.45) is 12.8 Å². The Morgan fingerprint density at radius 2 is 2.06 bits per heavy atom. The van der Waals surface area contributed by atoms with E-state index in [0.717, 1.165) is 25.7 Å². The monoisotopic (exact) mass is 234 g/mol. The van der Waals surface area contributed by atoms with Gasteiger partial charge in [-0.25, -0.2) is 0 Å². The minimum Gasteiger partial charge on any atom is -0.332 e. The Kier molecular flexibility index (Phi) is 2.43. The Hall–Kier alpha value is -1.36. The lowest BCUT2D eigenvalue weighted by atomic mass is 9.97. The summed E-state index contributed by atoms with van der Waals surface area (Å²) < 4.78 is 1.67. The number of carbonyl (C=O) groups excluding carboxylic acids is 1. The molecule has 2 aliphatic heterocycles. The van der Waals surface area contributed by atoms with E-state index in [2.05, 4.69) is 5.10 Å². The van der Waals surface area contributed by atoms with Crippen LogP contribution in [0.25, 0.3) is 0 Å². The third kappa shape index (κ3) is 1.74. The Morgan fingerprint density at radius 1 is 1.41 bits per heavy atom. The Labute approximate surface area is 101 Å². The number of hydrogen-bond acceptors (Lipinski definition) is 3. The van der Waals surface area contributed by atoms with E-state index in [4.69, 9.17) is 5.73 Å². The molecule has 5 heteroatoms. The molecule has 1 aromatic rings. The van der Waals surface area contributed by atoms with Crippen molar-refractivity contribution in [3.05, 3.63) is 18.0 Å². The SMILES string of the molecule is Cn1cc(C(=O)N2C3CCC2CC(N)C3)cn1. The molecule has 2 bridgehead atoms. The third-order valence-corrected chi connectivity index (χ3v) is 3.96. The van der Waals surface area contributed by atoms with E-state index in [-0.39, 0.29) is 11.9 Å². The summed E-state index contributed by atoms with van der Waals surface area (Å²) in [6.07, 6.45) is 7.53.